The minimum absolute atomic E-state index is 0.0386. The predicted molar refractivity (Wildman–Crippen MR) is 136 cm³/mol. The van der Waals surface area contributed by atoms with E-state index in [9.17, 15) is 4.79 Å². The SMILES string of the molecule is C=CCN1C[C@H](C)N(c2nc3c(C(=O)NC4CC5CC(C)CC(C4)N5C)cccc3o2)C[C@H]1C. The van der Waals surface area contributed by atoms with Gasteiger partial charge in [-0.05, 0) is 64.6 Å². The number of piperidine rings is 2. The number of hydrogen-bond donors (Lipinski definition) is 1. The van der Waals surface area contributed by atoms with Crippen molar-refractivity contribution >= 4 is 23.0 Å². The number of hydrogen-bond acceptors (Lipinski definition) is 6. The molecule has 34 heavy (non-hydrogen) atoms. The topological polar surface area (TPSA) is 64.8 Å². The predicted octanol–water partition coefficient (Wildman–Crippen LogP) is 3.90. The summed E-state index contributed by atoms with van der Waals surface area (Å²) >= 11 is 0. The van der Waals surface area contributed by atoms with Crippen molar-refractivity contribution in [2.75, 3.05) is 31.6 Å². The van der Waals surface area contributed by atoms with E-state index in [1.54, 1.807) is 0 Å². The number of rotatable bonds is 5. The van der Waals surface area contributed by atoms with E-state index in [4.69, 9.17) is 9.40 Å². The number of amides is 1. The molecule has 3 aliphatic rings. The van der Waals surface area contributed by atoms with Crippen LogP contribution in [0.5, 0.6) is 0 Å². The summed E-state index contributed by atoms with van der Waals surface area (Å²) < 4.78 is 6.18. The number of benzene rings is 1. The Hall–Kier alpha value is -2.38. The van der Waals surface area contributed by atoms with Gasteiger partial charge in [-0.15, -0.1) is 6.58 Å². The Bertz CT molecular complexity index is 1030. The van der Waals surface area contributed by atoms with E-state index in [1.165, 1.54) is 12.8 Å². The number of piperazine rings is 1. The number of nitrogens with one attached hydrogen (secondary N) is 1. The van der Waals surface area contributed by atoms with Crippen molar-refractivity contribution in [3.8, 4) is 0 Å². The summed E-state index contributed by atoms with van der Waals surface area (Å²) in [7, 11) is 2.25. The van der Waals surface area contributed by atoms with Crippen molar-refractivity contribution in [1.82, 2.24) is 20.1 Å². The molecule has 4 atom stereocenters. The lowest BCUT2D eigenvalue weighted by Crippen LogP contribution is -2.56. The zero-order valence-corrected chi connectivity index (χ0v) is 21.0. The zero-order chi connectivity index (χ0) is 24.0. The van der Waals surface area contributed by atoms with E-state index in [-0.39, 0.29) is 18.0 Å². The van der Waals surface area contributed by atoms with Crippen molar-refractivity contribution in [2.45, 2.75) is 76.7 Å². The van der Waals surface area contributed by atoms with Crippen LogP contribution in [-0.4, -0.2) is 77.6 Å². The van der Waals surface area contributed by atoms with Crippen molar-refractivity contribution in [3.05, 3.63) is 36.4 Å². The van der Waals surface area contributed by atoms with Gasteiger partial charge in [0.1, 0.15) is 5.52 Å². The molecule has 4 heterocycles. The summed E-state index contributed by atoms with van der Waals surface area (Å²) in [5.41, 5.74) is 1.94. The Morgan fingerprint density at radius 1 is 1.15 bits per heavy atom. The van der Waals surface area contributed by atoms with Crippen LogP contribution < -0.4 is 10.2 Å². The number of oxazole rings is 1. The van der Waals surface area contributed by atoms with Gasteiger partial charge < -0.3 is 19.5 Å². The summed E-state index contributed by atoms with van der Waals surface area (Å²) in [5, 5.41) is 3.34. The number of para-hydroxylation sites is 1. The van der Waals surface area contributed by atoms with Crippen molar-refractivity contribution in [2.24, 2.45) is 5.92 Å². The summed E-state index contributed by atoms with van der Waals surface area (Å²) in [4.78, 5) is 25.4. The molecule has 2 bridgehead atoms. The van der Waals surface area contributed by atoms with Crippen LogP contribution in [0, 0.1) is 5.92 Å². The van der Waals surface area contributed by atoms with E-state index < -0.39 is 0 Å². The Balaban J connectivity index is 1.33. The van der Waals surface area contributed by atoms with Crippen LogP contribution >= 0.6 is 0 Å². The fourth-order valence-electron chi connectivity index (χ4n) is 6.44. The molecular weight excluding hydrogens is 426 g/mol. The molecule has 3 saturated heterocycles. The summed E-state index contributed by atoms with van der Waals surface area (Å²) in [6.07, 6.45) is 6.44. The van der Waals surface area contributed by atoms with E-state index in [2.05, 4.69) is 54.4 Å². The number of aromatic nitrogens is 1. The fourth-order valence-corrected chi connectivity index (χ4v) is 6.44. The summed E-state index contributed by atoms with van der Waals surface area (Å²) in [5.74, 6) is 0.734. The van der Waals surface area contributed by atoms with Gasteiger partial charge in [0.05, 0.1) is 5.56 Å². The lowest BCUT2D eigenvalue weighted by molar-refractivity contribution is 0.0252. The molecule has 1 N–H and O–H groups in total. The van der Waals surface area contributed by atoms with Crippen LogP contribution in [0.4, 0.5) is 6.01 Å². The van der Waals surface area contributed by atoms with E-state index in [0.717, 1.165) is 38.4 Å². The third-order valence-electron chi connectivity index (χ3n) is 8.33. The second-order valence-electron chi connectivity index (χ2n) is 10.9. The molecule has 0 saturated carbocycles. The average molecular weight is 466 g/mol. The van der Waals surface area contributed by atoms with Crippen LogP contribution in [0.25, 0.3) is 11.1 Å². The maximum absolute atomic E-state index is 13.4. The minimum Gasteiger partial charge on any atom is -0.423 e. The molecule has 1 amide bonds. The highest BCUT2D eigenvalue weighted by Gasteiger charge is 2.39. The molecule has 3 fully saturated rings. The molecule has 2 unspecified atom stereocenters. The number of fused-ring (bicyclic) bond motifs is 3. The van der Waals surface area contributed by atoms with Gasteiger partial charge in [0.25, 0.3) is 11.9 Å². The van der Waals surface area contributed by atoms with Gasteiger partial charge in [0, 0.05) is 49.8 Å². The first kappa shape index (κ1) is 23.4. The van der Waals surface area contributed by atoms with Gasteiger partial charge in [0.15, 0.2) is 5.58 Å². The quantitative estimate of drug-likeness (QED) is 0.676. The molecular formula is C27H39N5O2. The molecule has 7 heteroatoms. The van der Waals surface area contributed by atoms with Gasteiger partial charge in [-0.2, -0.15) is 4.98 Å². The van der Waals surface area contributed by atoms with Gasteiger partial charge in [-0.3, -0.25) is 9.69 Å². The Labute approximate surface area is 203 Å². The van der Waals surface area contributed by atoms with E-state index in [1.807, 2.05) is 24.3 Å². The van der Waals surface area contributed by atoms with Crippen LogP contribution in [0.3, 0.4) is 0 Å². The van der Waals surface area contributed by atoms with Gasteiger partial charge in [0.2, 0.25) is 0 Å². The highest BCUT2D eigenvalue weighted by molar-refractivity contribution is 6.04. The zero-order valence-electron chi connectivity index (χ0n) is 21.0. The van der Waals surface area contributed by atoms with Crippen LogP contribution in [0.1, 0.15) is 56.8 Å². The lowest BCUT2D eigenvalue weighted by atomic mass is 9.77. The maximum Gasteiger partial charge on any atom is 0.298 e. The molecule has 2 aromatic rings. The van der Waals surface area contributed by atoms with Gasteiger partial charge in [-0.25, -0.2) is 0 Å². The van der Waals surface area contributed by atoms with Crippen molar-refractivity contribution in [1.29, 1.82) is 0 Å². The summed E-state index contributed by atoms with van der Waals surface area (Å²) in [6, 6.07) is 8.26. The summed E-state index contributed by atoms with van der Waals surface area (Å²) in [6.45, 7) is 13.3. The van der Waals surface area contributed by atoms with Gasteiger partial charge >= 0.3 is 0 Å². The van der Waals surface area contributed by atoms with Gasteiger partial charge in [-0.1, -0.05) is 19.1 Å². The third kappa shape index (κ3) is 4.36. The second kappa shape index (κ2) is 9.34. The minimum atomic E-state index is -0.0386. The molecule has 5 rings (SSSR count). The molecule has 184 valence electrons. The molecule has 0 spiro atoms. The number of carbonyl (C=O) groups is 1. The van der Waals surface area contributed by atoms with Crippen molar-refractivity contribution in [3.63, 3.8) is 0 Å². The molecule has 3 aliphatic heterocycles. The highest BCUT2D eigenvalue weighted by Crippen LogP contribution is 2.36. The first-order valence-electron chi connectivity index (χ1n) is 12.9. The average Bonchev–Trinajstić information content (AvgIpc) is 3.21. The smallest absolute Gasteiger partial charge is 0.298 e. The largest absolute Gasteiger partial charge is 0.423 e. The number of anilines is 1. The molecule has 0 radical (unpaired) electrons. The van der Waals surface area contributed by atoms with Crippen LogP contribution in [-0.2, 0) is 0 Å². The standard InChI is InChI=1S/C27H39N5O2/c1-6-10-31-15-19(4)32(16-18(31)3)27-29-25-23(8-7-9-24(25)34-27)26(33)28-20-13-21-11-17(2)12-22(14-20)30(21)5/h6-9,17-22H,1,10-16H2,2-5H3,(H,28,33)/t17?,18-,19+,20?,21?,22?/m1/s1. The monoisotopic (exact) mass is 465 g/mol. The first-order valence-corrected chi connectivity index (χ1v) is 12.9. The molecule has 1 aromatic heterocycles. The number of carbonyl (C=O) groups excluding carboxylic acids is 1. The Morgan fingerprint density at radius 2 is 1.88 bits per heavy atom. The molecule has 1 aromatic carbocycles. The lowest BCUT2D eigenvalue weighted by Gasteiger charge is -2.49. The second-order valence-corrected chi connectivity index (χ2v) is 10.9. The van der Waals surface area contributed by atoms with Crippen LogP contribution in [0.2, 0.25) is 0 Å². The number of nitrogens with zero attached hydrogens (tertiary/aromatic N) is 4. The molecule has 0 aliphatic carbocycles. The van der Waals surface area contributed by atoms with Crippen LogP contribution in [0.15, 0.2) is 35.3 Å². The third-order valence-corrected chi connectivity index (χ3v) is 8.33. The van der Waals surface area contributed by atoms with E-state index in [0.29, 0.717) is 40.8 Å². The Morgan fingerprint density at radius 3 is 2.59 bits per heavy atom. The first-order chi connectivity index (χ1) is 16.3. The fraction of sp³-hybridized carbons (Fsp3) is 0.630. The molecule has 7 nitrogen and oxygen atoms in total. The van der Waals surface area contributed by atoms with Crippen molar-refractivity contribution < 1.29 is 9.21 Å². The Kier molecular flexibility index (Phi) is 6.42. The maximum atomic E-state index is 13.4. The van der Waals surface area contributed by atoms with E-state index >= 15 is 0 Å². The normalized spacial score (nSPS) is 32.6. The highest BCUT2D eigenvalue weighted by atomic mass is 16.4.